The molecular formula is C4H7BrO. The summed E-state index contributed by atoms with van der Waals surface area (Å²) in [5.41, 5.74) is 0. The van der Waals surface area contributed by atoms with Gasteiger partial charge in [-0.15, -0.1) is 0 Å². The van der Waals surface area contributed by atoms with Gasteiger partial charge in [-0.25, -0.2) is 0 Å². The van der Waals surface area contributed by atoms with Crippen LogP contribution in [0.5, 0.6) is 0 Å². The van der Waals surface area contributed by atoms with Gasteiger partial charge in [-0.3, -0.25) is 0 Å². The van der Waals surface area contributed by atoms with Crippen LogP contribution in [0.4, 0.5) is 0 Å². The Morgan fingerprint density at radius 1 is 1.83 bits per heavy atom. The van der Waals surface area contributed by atoms with E-state index >= 15 is 0 Å². The Balaban J connectivity index is 2.09. The Morgan fingerprint density at radius 3 is 2.33 bits per heavy atom. The summed E-state index contributed by atoms with van der Waals surface area (Å²) in [7, 11) is 0. The molecule has 0 unspecified atom stereocenters. The molecule has 2 atom stereocenters. The van der Waals surface area contributed by atoms with E-state index in [4.69, 9.17) is 5.11 Å². The lowest BCUT2D eigenvalue weighted by Crippen LogP contribution is -1.84. The van der Waals surface area contributed by atoms with Crippen molar-refractivity contribution in [3.8, 4) is 0 Å². The lowest BCUT2D eigenvalue weighted by Gasteiger charge is -1.78. The van der Waals surface area contributed by atoms with E-state index < -0.39 is 0 Å². The molecule has 0 amide bonds. The van der Waals surface area contributed by atoms with Gasteiger partial charge < -0.3 is 5.11 Å². The largest absolute Gasteiger partial charge is 0.396 e. The van der Waals surface area contributed by atoms with Crippen molar-refractivity contribution in [1.82, 2.24) is 0 Å². The highest BCUT2D eigenvalue weighted by atomic mass is 79.9. The minimum atomic E-state index is 0.357. The van der Waals surface area contributed by atoms with Gasteiger partial charge >= 0.3 is 0 Å². The standard InChI is InChI=1S/C4H7BrO/c5-4-1-3(4)2-6/h3-4,6H,1-2H2/t3-,4+/m1/s1. The van der Waals surface area contributed by atoms with E-state index in [0.29, 0.717) is 17.4 Å². The normalized spacial score (nSPS) is 43.0. The molecule has 0 aromatic heterocycles. The van der Waals surface area contributed by atoms with Crippen LogP contribution in [0.2, 0.25) is 0 Å². The van der Waals surface area contributed by atoms with Gasteiger partial charge in [-0.1, -0.05) is 15.9 Å². The molecule has 6 heavy (non-hydrogen) atoms. The van der Waals surface area contributed by atoms with Gasteiger partial charge in [0.1, 0.15) is 0 Å². The predicted octanol–water partition coefficient (Wildman–Crippen LogP) is 0.762. The molecule has 1 aliphatic carbocycles. The molecule has 1 saturated carbocycles. The summed E-state index contributed by atoms with van der Waals surface area (Å²) in [6.07, 6.45) is 1.16. The lowest BCUT2D eigenvalue weighted by molar-refractivity contribution is 0.277. The Hall–Kier alpha value is 0.440. The van der Waals surface area contributed by atoms with Crippen LogP contribution in [-0.2, 0) is 0 Å². The zero-order chi connectivity index (χ0) is 4.57. The van der Waals surface area contributed by atoms with Crippen LogP contribution in [0, 0.1) is 5.92 Å². The second kappa shape index (κ2) is 1.51. The third-order valence-corrected chi connectivity index (χ3v) is 2.19. The summed E-state index contributed by atoms with van der Waals surface area (Å²) >= 11 is 3.35. The smallest absolute Gasteiger partial charge is 0.0470 e. The molecule has 2 heteroatoms. The van der Waals surface area contributed by atoms with Gasteiger partial charge in [0.05, 0.1) is 0 Å². The van der Waals surface area contributed by atoms with E-state index in [1.54, 1.807) is 0 Å². The molecule has 0 saturated heterocycles. The average molecular weight is 151 g/mol. The third kappa shape index (κ3) is 0.738. The van der Waals surface area contributed by atoms with Crippen molar-refractivity contribution in [2.75, 3.05) is 6.61 Å². The first-order valence-electron chi connectivity index (χ1n) is 2.09. The van der Waals surface area contributed by atoms with Gasteiger partial charge in [0, 0.05) is 11.4 Å². The van der Waals surface area contributed by atoms with Gasteiger partial charge in [-0.05, 0) is 12.3 Å². The number of hydrogen-bond donors (Lipinski definition) is 1. The monoisotopic (exact) mass is 150 g/mol. The maximum atomic E-state index is 8.35. The molecule has 0 heterocycles. The van der Waals surface area contributed by atoms with Crippen molar-refractivity contribution in [3.63, 3.8) is 0 Å². The van der Waals surface area contributed by atoms with Crippen molar-refractivity contribution in [2.24, 2.45) is 5.92 Å². The quantitative estimate of drug-likeness (QED) is 0.548. The molecule has 1 N–H and O–H groups in total. The summed E-state index contributed by atoms with van der Waals surface area (Å²) < 4.78 is 0. The maximum Gasteiger partial charge on any atom is 0.0470 e. The van der Waals surface area contributed by atoms with E-state index in [1.165, 1.54) is 0 Å². The predicted molar refractivity (Wildman–Crippen MR) is 27.9 cm³/mol. The van der Waals surface area contributed by atoms with Crippen molar-refractivity contribution in [2.45, 2.75) is 11.2 Å². The topological polar surface area (TPSA) is 20.2 Å². The van der Waals surface area contributed by atoms with Crippen LogP contribution in [0.15, 0.2) is 0 Å². The second-order valence-electron chi connectivity index (χ2n) is 1.69. The van der Waals surface area contributed by atoms with E-state index in [0.717, 1.165) is 6.42 Å². The van der Waals surface area contributed by atoms with E-state index in [-0.39, 0.29) is 0 Å². The number of aliphatic hydroxyl groups is 1. The first-order chi connectivity index (χ1) is 2.84. The molecule has 1 aliphatic rings. The van der Waals surface area contributed by atoms with Crippen molar-refractivity contribution < 1.29 is 5.11 Å². The fourth-order valence-electron chi connectivity index (χ4n) is 0.400. The maximum absolute atomic E-state index is 8.35. The van der Waals surface area contributed by atoms with Crippen LogP contribution < -0.4 is 0 Å². The first-order valence-corrected chi connectivity index (χ1v) is 3.01. The molecule has 0 aromatic carbocycles. The van der Waals surface area contributed by atoms with Gasteiger partial charge in [0.15, 0.2) is 0 Å². The highest BCUT2D eigenvalue weighted by Gasteiger charge is 2.33. The van der Waals surface area contributed by atoms with Crippen molar-refractivity contribution >= 4 is 15.9 Å². The molecular weight excluding hydrogens is 144 g/mol. The summed E-state index contributed by atoms with van der Waals surface area (Å²) in [5, 5.41) is 8.35. The summed E-state index contributed by atoms with van der Waals surface area (Å²) in [6, 6.07) is 0. The fraction of sp³-hybridized carbons (Fsp3) is 1.00. The number of aliphatic hydroxyl groups excluding tert-OH is 1. The second-order valence-corrected chi connectivity index (χ2v) is 2.87. The highest BCUT2D eigenvalue weighted by molar-refractivity contribution is 9.09. The summed E-state index contributed by atoms with van der Waals surface area (Å²) in [6.45, 7) is 0.357. The van der Waals surface area contributed by atoms with Crippen molar-refractivity contribution in [3.05, 3.63) is 0 Å². The Morgan fingerprint density at radius 2 is 2.33 bits per heavy atom. The number of hydrogen-bond acceptors (Lipinski definition) is 1. The molecule has 1 rings (SSSR count). The number of halogens is 1. The fourth-order valence-corrected chi connectivity index (χ4v) is 1.05. The van der Waals surface area contributed by atoms with Crippen molar-refractivity contribution in [1.29, 1.82) is 0 Å². The Bertz CT molecular complexity index is 53.5. The SMILES string of the molecule is OC[C@H]1C[C@@H]1Br. The summed E-state index contributed by atoms with van der Waals surface area (Å²) in [4.78, 5) is 0.627. The van der Waals surface area contributed by atoms with Crippen LogP contribution in [0.1, 0.15) is 6.42 Å². The Kier molecular flexibility index (Phi) is 1.15. The van der Waals surface area contributed by atoms with E-state index in [9.17, 15) is 0 Å². The van der Waals surface area contributed by atoms with Crippen LogP contribution in [0.3, 0.4) is 0 Å². The van der Waals surface area contributed by atoms with Gasteiger partial charge in [0.2, 0.25) is 0 Å². The lowest BCUT2D eigenvalue weighted by atomic mass is 10.5. The van der Waals surface area contributed by atoms with E-state index in [1.807, 2.05) is 0 Å². The number of rotatable bonds is 1. The molecule has 36 valence electrons. The third-order valence-electron chi connectivity index (χ3n) is 1.07. The van der Waals surface area contributed by atoms with E-state index in [2.05, 4.69) is 15.9 Å². The highest BCUT2D eigenvalue weighted by Crippen LogP contribution is 2.36. The molecule has 0 aliphatic heterocycles. The first kappa shape index (κ1) is 4.60. The molecule has 0 aromatic rings. The van der Waals surface area contributed by atoms with Crippen LogP contribution in [-0.4, -0.2) is 16.5 Å². The zero-order valence-corrected chi connectivity index (χ0v) is 4.98. The molecule has 1 nitrogen and oxygen atoms in total. The Labute approximate surface area is 45.5 Å². The van der Waals surface area contributed by atoms with Crippen LogP contribution >= 0.6 is 15.9 Å². The van der Waals surface area contributed by atoms with Crippen LogP contribution in [0.25, 0.3) is 0 Å². The number of alkyl halides is 1. The molecule has 0 bridgehead atoms. The van der Waals surface area contributed by atoms with Gasteiger partial charge in [-0.2, -0.15) is 0 Å². The zero-order valence-electron chi connectivity index (χ0n) is 3.39. The molecule has 1 fully saturated rings. The molecule has 0 spiro atoms. The van der Waals surface area contributed by atoms with Gasteiger partial charge in [0.25, 0.3) is 0 Å². The minimum absolute atomic E-state index is 0.357. The average Bonchev–Trinajstić information content (AvgIpc) is 2.19. The minimum Gasteiger partial charge on any atom is -0.396 e. The molecule has 0 radical (unpaired) electrons. The summed E-state index contributed by atoms with van der Waals surface area (Å²) in [5.74, 6) is 0.574.